The number of aromatic nitrogens is 3. The highest BCUT2D eigenvalue weighted by molar-refractivity contribution is 5.76. The Kier molecular flexibility index (Phi) is 4.38. The van der Waals surface area contributed by atoms with E-state index in [0.717, 1.165) is 11.1 Å². The van der Waals surface area contributed by atoms with Gasteiger partial charge >= 0.3 is 0 Å². The zero-order chi connectivity index (χ0) is 18.6. The summed E-state index contributed by atoms with van der Waals surface area (Å²) in [5.41, 5.74) is 1.83. The van der Waals surface area contributed by atoms with Gasteiger partial charge in [-0.15, -0.1) is 0 Å². The first-order valence-electron chi connectivity index (χ1n) is 8.29. The van der Waals surface area contributed by atoms with Gasteiger partial charge in [-0.05, 0) is 6.07 Å². The van der Waals surface area contributed by atoms with E-state index in [2.05, 4.69) is 19.8 Å². The smallest absolute Gasteiger partial charge is 0.200 e. The van der Waals surface area contributed by atoms with E-state index in [4.69, 9.17) is 6.57 Å². The zero-order valence-electron chi connectivity index (χ0n) is 14.2. The van der Waals surface area contributed by atoms with Gasteiger partial charge in [0.25, 0.3) is 0 Å². The van der Waals surface area contributed by atoms with Gasteiger partial charge in [0, 0.05) is 11.1 Å². The Morgan fingerprint density at radius 2 is 1.15 bits per heavy atom. The van der Waals surface area contributed by atoms with Crippen LogP contribution in [0.2, 0.25) is 0 Å². The van der Waals surface area contributed by atoms with Gasteiger partial charge in [-0.25, -0.2) is 24.2 Å². The second-order valence-electron chi connectivity index (χ2n) is 5.78. The largest absolute Gasteiger partial charge is 0.237 e. The average molecular weight is 352 g/mol. The monoisotopic (exact) mass is 352 g/mol. The molecule has 0 aliphatic heterocycles. The number of hydrogen-bond donors (Lipinski definition) is 0. The second-order valence-corrected chi connectivity index (χ2v) is 5.78. The first-order chi connectivity index (χ1) is 13.3. The van der Waals surface area contributed by atoms with Crippen LogP contribution in [0, 0.1) is 12.4 Å². The molecule has 0 radical (unpaired) electrons. The van der Waals surface area contributed by atoms with Gasteiger partial charge in [-0.3, -0.25) is 0 Å². The van der Waals surface area contributed by atoms with Crippen LogP contribution in [0.3, 0.4) is 0 Å². The molecule has 4 nitrogen and oxygen atoms in total. The van der Waals surface area contributed by atoms with E-state index in [1.54, 1.807) is 6.07 Å². The van der Waals surface area contributed by atoms with Gasteiger partial charge in [0.1, 0.15) is 5.82 Å². The van der Waals surface area contributed by atoms with Crippen LogP contribution >= 0.6 is 0 Å². The molecule has 0 unspecified atom stereocenters. The third kappa shape index (κ3) is 3.29. The number of rotatable bonds is 3. The van der Waals surface area contributed by atoms with Gasteiger partial charge in [-0.1, -0.05) is 72.8 Å². The molecule has 1 heterocycles. The lowest BCUT2D eigenvalue weighted by molar-refractivity contribution is 0.630. The third-order valence-electron chi connectivity index (χ3n) is 4.04. The first kappa shape index (κ1) is 16.6. The van der Waals surface area contributed by atoms with Crippen LogP contribution < -0.4 is 0 Å². The van der Waals surface area contributed by atoms with Gasteiger partial charge in [0.15, 0.2) is 17.5 Å². The zero-order valence-corrected chi connectivity index (χ0v) is 14.2. The highest BCUT2D eigenvalue weighted by atomic mass is 19.1. The van der Waals surface area contributed by atoms with E-state index in [1.807, 2.05) is 60.7 Å². The maximum atomic E-state index is 14.5. The predicted octanol–water partition coefficient (Wildman–Crippen LogP) is 5.56. The van der Waals surface area contributed by atoms with E-state index >= 15 is 0 Å². The van der Waals surface area contributed by atoms with Crippen molar-refractivity contribution >= 4 is 5.69 Å². The Morgan fingerprint density at radius 1 is 0.630 bits per heavy atom. The summed E-state index contributed by atoms with van der Waals surface area (Å²) in [6.45, 7) is 7.35. The SMILES string of the molecule is [C-]#[N+]c1cccc(F)c1-c1nc(-c2ccccc2)nc(-c2ccccc2)n1. The molecule has 0 aliphatic rings. The Hall–Kier alpha value is -3.91. The van der Waals surface area contributed by atoms with Crippen molar-refractivity contribution in [3.05, 3.63) is 96.1 Å². The Bertz CT molecular complexity index is 1080. The molecule has 0 atom stereocenters. The van der Waals surface area contributed by atoms with Gasteiger partial charge < -0.3 is 0 Å². The van der Waals surface area contributed by atoms with Crippen molar-refractivity contribution in [2.45, 2.75) is 0 Å². The van der Waals surface area contributed by atoms with Crippen LogP contribution in [0.1, 0.15) is 0 Å². The van der Waals surface area contributed by atoms with E-state index in [1.165, 1.54) is 12.1 Å². The summed E-state index contributed by atoms with van der Waals surface area (Å²) >= 11 is 0. The lowest BCUT2D eigenvalue weighted by atomic mass is 10.1. The maximum absolute atomic E-state index is 14.5. The van der Waals surface area contributed by atoms with Crippen LogP contribution in [-0.2, 0) is 0 Å². The lowest BCUT2D eigenvalue weighted by Crippen LogP contribution is -2.01. The fourth-order valence-corrected chi connectivity index (χ4v) is 2.75. The molecule has 3 aromatic carbocycles. The highest BCUT2D eigenvalue weighted by Crippen LogP contribution is 2.32. The van der Waals surface area contributed by atoms with E-state index < -0.39 is 5.82 Å². The molecule has 0 spiro atoms. The van der Waals surface area contributed by atoms with Crippen LogP contribution in [0.5, 0.6) is 0 Å². The quantitative estimate of drug-likeness (QED) is 0.453. The molecular weight excluding hydrogens is 339 g/mol. The van der Waals surface area contributed by atoms with Crippen LogP contribution in [0.4, 0.5) is 10.1 Å². The topological polar surface area (TPSA) is 43.0 Å². The van der Waals surface area contributed by atoms with Crippen LogP contribution in [0.15, 0.2) is 78.9 Å². The van der Waals surface area contributed by atoms with E-state index in [0.29, 0.717) is 11.6 Å². The summed E-state index contributed by atoms with van der Waals surface area (Å²) in [5, 5.41) is 0. The minimum absolute atomic E-state index is 0.0873. The lowest BCUT2D eigenvalue weighted by Gasteiger charge is -2.10. The minimum atomic E-state index is -0.535. The molecule has 4 rings (SSSR count). The minimum Gasteiger partial charge on any atom is -0.237 e. The maximum Gasteiger partial charge on any atom is 0.200 e. The fraction of sp³-hybridized carbons (Fsp3) is 0. The molecule has 5 heteroatoms. The standard InChI is InChI=1S/C22H13FN4/c1-24-18-14-8-13-17(23)19(18)22-26-20(15-9-4-2-5-10-15)25-21(27-22)16-11-6-3-7-12-16/h2-14H. The van der Waals surface area contributed by atoms with Gasteiger partial charge in [0.2, 0.25) is 5.69 Å². The molecule has 0 saturated heterocycles. The molecule has 0 saturated carbocycles. The number of halogens is 1. The molecule has 128 valence electrons. The highest BCUT2D eigenvalue weighted by Gasteiger charge is 2.17. The molecule has 0 aliphatic carbocycles. The normalized spacial score (nSPS) is 10.4. The fourth-order valence-electron chi connectivity index (χ4n) is 2.75. The van der Waals surface area contributed by atoms with Crippen molar-refractivity contribution in [2.75, 3.05) is 0 Å². The van der Waals surface area contributed by atoms with Crippen molar-refractivity contribution in [2.24, 2.45) is 0 Å². The van der Waals surface area contributed by atoms with E-state index in [9.17, 15) is 4.39 Å². The van der Waals surface area contributed by atoms with Gasteiger partial charge in [-0.2, -0.15) is 0 Å². The summed E-state index contributed by atoms with van der Waals surface area (Å²) < 4.78 is 14.5. The molecule has 1 aromatic heterocycles. The van der Waals surface area contributed by atoms with Crippen LogP contribution in [-0.4, -0.2) is 15.0 Å². The molecule has 0 fully saturated rings. The predicted molar refractivity (Wildman–Crippen MR) is 102 cm³/mol. The summed E-state index contributed by atoms with van der Waals surface area (Å²) in [7, 11) is 0. The van der Waals surface area contributed by atoms with Crippen molar-refractivity contribution in [1.82, 2.24) is 15.0 Å². The number of nitrogens with zero attached hydrogens (tertiary/aromatic N) is 4. The molecule has 27 heavy (non-hydrogen) atoms. The Labute approximate surface area is 155 Å². The number of benzene rings is 3. The number of hydrogen-bond acceptors (Lipinski definition) is 3. The summed E-state index contributed by atoms with van der Waals surface area (Å²) in [5.74, 6) is 0.469. The molecule has 4 aromatic rings. The summed E-state index contributed by atoms with van der Waals surface area (Å²) in [6.07, 6.45) is 0. The first-order valence-corrected chi connectivity index (χ1v) is 8.29. The Morgan fingerprint density at radius 3 is 1.67 bits per heavy atom. The average Bonchev–Trinajstić information content (AvgIpc) is 2.74. The summed E-state index contributed by atoms with van der Waals surface area (Å²) in [4.78, 5) is 16.9. The van der Waals surface area contributed by atoms with Crippen molar-refractivity contribution in [1.29, 1.82) is 0 Å². The second kappa shape index (κ2) is 7.14. The Balaban J connectivity index is 1.99. The van der Waals surface area contributed by atoms with Crippen molar-refractivity contribution in [3.8, 4) is 34.2 Å². The molecule has 0 amide bonds. The van der Waals surface area contributed by atoms with Crippen LogP contribution in [0.25, 0.3) is 39.0 Å². The van der Waals surface area contributed by atoms with Crippen molar-refractivity contribution in [3.63, 3.8) is 0 Å². The molecule has 0 N–H and O–H groups in total. The van der Waals surface area contributed by atoms with E-state index in [-0.39, 0.29) is 17.1 Å². The molecule has 0 bridgehead atoms. The summed E-state index contributed by atoms with van der Waals surface area (Å²) in [6, 6.07) is 23.2. The third-order valence-corrected chi connectivity index (χ3v) is 4.04. The van der Waals surface area contributed by atoms with Crippen molar-refractivity contribution < 1.29 is 4.39 Å². The molecular formula is C22H13FN4. The van der Waals surface area contributed by atoms with Gasteiger partial charge in [0.05, 0.1) is 12.1 Å².